The van der Waals surface area contributed by atoms with Crippen LogP contribution in [0.2, 0.25) is 0 Å². The van der Waals surface area contributed by atoms with Crippen LogP contribution in [0.25, 0.3) is 0 Å². The van der Waals surface area contributed by atoms with E-state index in [0.29, 0.717) is 22.9 Å². The first-order valence-corrected chi connectivity index (χ1v) is 9.84. The molecule has 0 unspecified atom stereocenters. The Kier molecular flexibility index (Phi) is 6.62. The standard InChI is InChI=1S/C18H21FN2O5S/c1-25-16-8-7-15(12-17(16)26-2)21(27(3,23)24)10-9-18(22)20-14-6-4-5-13(19)11-14/h4-8,11-12H,9-10H2,1-3H3,(H,20,22). The number of ether oxygens (including phenoxy) is 2. The Morgan fingerprint density at radius 1 is 1.11 bits per heavy atom. The minimum atomic E-state index is -3.64. The fraction of sp³-hybridized carbons (Fsp3) is 0.278. The number of methoxy groups -OCH3 is 2. The van der Waals surface area contributed by atoms with E-state index in [1.165, 1.54) is 38.5 Å². The highest BCUT2D eigenvalue weighted by Crippen LogP contribution is 2.32. The van der Waals surface area contributed by atoms with E-state index in [4.69, 9.17) is 9.47 Å². The van der Waals surface area contributed by atoms with Crippen LogP contribution in [0.15, 0.2) is 42.5 Å². The van der Waals surface area contributed by atoms with Crippen LogP contribution in [-0.4, -0.2) is 41.3 Å². The topological polar surface area (TPSA) is 84.9 Å². The molecular weight excluding hydrogens is 375 g/mol. The SMILES string of the molecule is COc1ccc(N(CCC(=O)Nc2cccc(F)c2)S(C)(=O)=O)cc1OC. The highest BCUT2D eigenvalue weighted by Gasteiger charge is 2.20. The zero-order valence-electron chi connectivity index (χ0n) is 15.2. The summed E-state index contributed by atoms with van der Waals surface area (Å²) in [7, 11) is -0.723. The van der Waals surface area contributed by atoms with Gasteiger partial charge in [-0.2, -0.15) is 0 Å². The predicted octanol–water partition coefficient (Wildman–Crippen LogP) is 2.64. The van der Waals surface area contributed by atoms with Crippen molar-refractivity contribution in [3.63, 3.8) is 0 Å². The molecule has 0 aliphatic carbocycles. The third-order valence-electron chi connectivity index (χ3n) is 3.71. The maximum atomic E-state index is 13.2. The molecule has 0 atom stereocenters. The molecular formula is C18H21FN2O5S. The molecule has 7 nitrogen and oxygen atoms in total. The monoisotopic (exact) mass is 396 g/mol. The lowest BCUT2D eigenvalue weighted by molar-refractivity contribution is -0.116. The van der Waals surface area contributed by atoms with Gasteiger partial charge in [0.25, 0.3) is 0 Å². The molecule has 27 heavy (non-hydrogen) atoms. The third kappa shape index (κ3) is 5.58. The maximum absolute atomic E-state index is 13.2. The lowest BCUT2D eigenvalue weighted by Crippen LogP contribution is -2.33. The molecule has 2 rings (SSSR count). The van der Waals surface area contributed by atoms with Crippen molar-refractivity contribution >= 4 is 27.3 Å². The molecule has 1 N–H and O–H groups in total. The zero-order valence-corrected chi connectivity index (χ0v) is 16.0. The van der Waals surface area contributed by atoms with Gasteiger partial charge in [-0.25, -0.2) is 12.8 Å². The van der Waals surface area contributed by atoms with Crippen molar-refractivity contribution in [1.82, 2.24) is 0 Å². The number of halogens is 1. The first-order chi connectivity index (χ1) is 12.7. The minimum Gasteiger partial charge on any atom is -0.493 e. The number of hydrogen-bond donors (Lipinski definition) is 1. The second kappa shape index (κ2) is 8.72. The van der Waals surface area contributed by atoms with Crippen molar-refractivity contribution in [2.75, 3.05) is 36.6 Å². The van der Waals surface area contributed by atoms with E-state index in [-0.39, 0.29) is 13.0 Å². The van der Waals surface area contributed by atoms with Crippen LogP contribution < -0.4 is 19.1 Å². The number of benzene rings is 2. The largest absolute Gasteiger partial charge is 0.493 e. The molecule has 2 aromatic carbocycles. The number of nitrogens with one attached hydrogen (secondary N) is 1. The number of carbonyl (C=O) groups is 1. The van der Waals surface area contributed by atoms with Crippen LogP contribution in [-0.2, 0) is 14.8 Å². The summed E-state index contributed by atoms with van der Waals surface area (Å²) >= 11 is 0. The minimum absolute atomic E-state index is 0.0878. The van der Waals surface area contributed by atoms with E-state index in [1.807, 2.05) is 0 Å². The Morgan fingerprint density at radius 3 is 2.41 bits per heavy atom. The average Bonchev–Trinajstić information content (AvgIpc) is 2.60. The third-order valence-corrected chi connectivity index (χ3v) is 4.90. The van der Waals surface area contributed by atoms with E-state index in [9.17, 15) is 17.6 Å². The number of rotatable bonds is 8. The molecule has 0 aliphatic rings. The van der Waals surface area contributed by atoms with E-state index < -0.39 is 21.7 Å². The van der Waals surface area contributed by atoms with Crippen LogP contribution in [0.3, 0.4) is 0 Å². The molecule has 0 spiro atoms. The molecule has 0 bridgehead atoms. The predicted molar refractivity (Wildman–Crippen MR) is 101 cm³/mol. The van der Waals surface area contributed by atoms with Crippen molar-refractivity contribution < 1.29 is 27.1 Å². The highest BCUT2D eigenvalue weighted by atomic mass is 32.2. The number of nitrogens with zero attached hydrogens (tertiary/aromatic N) is 1. The van der Waals surface area contributed by atoms with Gasteiger partial charge in [-0.3, -0.25) is 9.10 Å². The Labute approximate surface area is 157 Å². The number of hydrogen-bond acceptors (Lipinski definition) is 5. The molecule has 146 valence electrons. The number of sulfonamides is 1. The van der Waals surface area contributed by atoms with Gasteiger partial charge in [0.05, 0.1) is 26.2 Å². The first-order valence-electron chi connectivity index (χ1n) is 7.99. The van der Waals surface area contributed by atoms with Crippen molar-refractivity contribution in [1.29, 1.82) is 0 Å². The normalized spacial score (nSPS) is 11.0. The second-order valence-electron chi connectivity index (χ2n) is 5.68. The quantitative estimate of drug-likeness (QED) is 0.742. The van der Waals surface area contributed by atoms with Crippen molar-refractivity contribution in [3.8, 4) is 11.5 Å². The Bertz CT molecular complexity index is 918. The summed E-state index contributed by atoms with van der Waals surface area (Å²) < 4.78 is 49.0. The van der Waals surface area contributed by atoms with Crippen molar-refractivity contribution in [3.05, 3.63) is 48.3 Å². The summed E-state index contributed by atoms with van der Waals surface area (Å²) in [6.07, 6.45) is 0.937. The molecule has 0 aliphatic heterocycles. The molecule has 2 aromatic rings. The van der Waals surface area contributed by atoms with Crippen LogP contribution in [0, 0.1) is 5.82 Å². The molecule has 0 saturated carbocycles. The Balaban J connectivity index is 2.15. The van der Waals surface area contributed by atoms with Crippen LogP contribution in [0.1, 0.15) is 6.42 Å². The number of anilines is 2. The van der Waals surface area contributed by atoms with Crippen LogP contribution in [0.5, 0.6) is 11.5 Å². The molecule has 9 heteroatoms. The maximum Gasteiger partial charge on any atom is 0.232 e. The summed E-state index contributed by atoms with van der Waals surface area (Å²) in [6.45, 7) is -0.0878. The number of amides is 1. The molecule has 0 saturated heterocycles. The lowest BCUT2D eigenvalue weighted by atomic mass is 10.2. The van der Waals surface area contributed by atoms with E-state index in [1.54, 1.807) is 18.2 Å². The summed E-state index contributed by atoms with van der Waals surface area (Å²) in [5.41, 5.74) is 0.644. The highest BCUT2D eigenvalue weighted by molar-refractivity contribution is 7.92. The van der Waals surface area contributed by atoms with Crippen molar-refractivity contribution in [2.24, 2.45) is 0 Å². The van der Waals surface area contributed by atoms with E-state index in [0.717, 1.165) is 10.6 Å². The van der Waals surface area contributed by atoms with Gasteiger partial charge < -0.3 is 14.8 Å². The average molecular weight is 396 g/mol. The van der Waals surface area contributed by atoms with Gasteiger partial charge in [-0.15, -0.1) is 0 Å². The second-order valence-corrected chi connectivity index (χ2v) is 7.59. The fourth-order valence-corrected chi connectivity index (χ4v) is 3.38. The van der Waals surface area contributed by atoms with Gasteiger partial charge >= 0.3 is 0 Å². The molecule has 0 heterocycles. The Morgan fingerprint density at radius 2 is 1.81 bits per heavy atom. The smallest absolute Gasteiger partial charge is 0.232 e. The number of carbonyl (C=O) groups excluding carboxylic acids is 1. The summed E-state index contributed by atoms with van der Waals surface area (Å²) in [5, 5.41) is 2.54. The van der Waals surface area contributed by atoms with Gasteiger partial charge in [-0.1, -0.05) is 6.07 Å². The zero-order chi connectivity index (χ0) is 20.0. The summed E-state index contributed by atoms with van der Waals surface area (Å²) in [4.78, 5) is 12.1. The van der Waals surface area contributed by atoms with E-state index in [2.05, 4.69) is 5.32 Å². The van der Waals surface area contributed by atoms with Gasteiger partial charge in [0.1, 0.15) is 5.82 Å². The fourth-order valence-electron chi connectivity index (χ4n) is 2.46. The molecule has 0 radical (unpaired) electrons. The summed E-state index contributed by atoms with van der Waals surface area (Å²) in [5.74, 6) is -0.0861. The van der Waals surface area contributed by atoms with Gasteiger partial charge in [-0.05, 0) is 30.3 Å². The van der Waals surface area contributed by atoms with Gasteiger partial charge in [0, 0.05) is 24.7 Å². The van der Waals surface area contributed by atoms with Crippen LogP contribution in [0.4, 0.5) is 15.8 Å². The van der Waals surface area contributed by atoms with E-state index >= 15 is 0 Å². The Hall–Kier alpha value is -2.81. The van der Waals surface area contributed by atoms with Gasteiger partial charge in [0.15, 0.2) is 11.5 Å². The van der Waals surface area contributed by atoms with Gasteiger partial charge in [0.2, 0.25) is 15.9 Å². The molecule has 0 fully saturated rings. The van der Waals surface area contributed by atoms with Crippen molar-refractivity contribution in [2.45, 2.75) is 6.42 Å². The lowest BCUT2D eigenvalue weighted by Gasteiger charge is -2.23. The molecule has 1 amide bonds. The molecule has 0 aromatic heterocycles. The summed E-state index contributed by atoms with van der Waals surface area (Å²) in [6, 6.07) is 10.1. The van der Waals surface area contributed by atoms with Crippen LogP contribution >= 0.6 is 0 Å². The first kappa shape index (κ1) is 20.5.